The van der Waals surface area contributed by atoms with Crippen LogP contribution in [0.4, 0.5) is 5.69 Å². The molecule has 140 valence electrons. The first kappa shape index (κ1) is 19.7. The number of morpholine rings is 1. The van der Waals surface area contributed by atoms with Crippen molar-refractivity contribution in [2.24, 2.45) is 0 Å². The van der Waals surface area contributed by atoms with E-state index < -0.39 is 0 Å². The molecular weight excluding hydrogens is 477 g/mol. The van der Waals surface area contributed by atoms with Gasteiger partial charge in [-0.15, -0.1) is 0 Å². The van der Waals surface area contributed by atoms with E-state index in [0.717, 1.165) is 3.57 Å². The van der Waals surface area contributed by atoms with Gasteiger partial charge >= 0.3 is 0 Å². The number of thiocarbonyl (C=S) groups is 1. The summed E-state index contributed by atoms with van der Waals surface area (Å²) in [5.74, 6) is -0.287. The lowest BCUT2D eigenvalue weighted by Gasteiger charge is -2.26. The normalized spacial score (nSPS) is 13.7. The average Bonchev–Trinajstić information content (AvgIpc) is 2.68. The zero-order chi connectivity index (χ0) is 19.2. The summed E-state index contributed by atoms with van der Waals surface area (Å²) in [6, 6.07) is 14.2. The van der Waals surface area contributed by atoms with Gasteiger partial charge in [-0.05, 0) is 77.3 Å². The quantitative estimate of drug-likeness (QED) is 0.507. The fraction of sp³-hybridized carbons (Fsp3) is 0.211. The standard InChI is InChI=1S/C19H18IN3O3S/c20-15-3-1-2-14(12-15)17(24)22-19(27)21-16-6-4-13(5-7-16)18(25)23-8-10-26-11-9-23/h1-7,12H,8-11H2,(H2,21,22,24,27). The molecule has 1 aliphatic heterocycles. The van der Waals surface area contributed by atoms with Crippen LogP contribution in [0.2, 0.25) is 0 Å². The zero-order valence-electron chi connectivity index (χ0n) is 14.4. The van der Waals surface area contributed by atoms with Crippen molar-refractivity contribution in [2.75, 3.05) is 31.6 Å². The van der Waals surface area contributed by atoms with E-state index in [1.165, 1.54) is 0 Å². The monoisotopic (exact) mass is 495 g/mol. The molecule has 0 aliphatic carbocycles. The van der Waals surface area contributed by atoms with Crippen LogP contribution in [0.1, 0.15) is 20.7 Å². The van der Waals surface area contributed by atoms with Gasteiger partial charge in [-0.3, -0.25) is 14.9 Å². The largest absolute Gasteiger partial charge is 0.378 e. The molecule has 0 aromatic heterocycles. The third-order valence-corrected chi connectivity index (χ3v) is 4.88. The number of anilines is 1. The smallest absolute Gasteiger partial charge is 0.257 e. The molecule has 2 aromatic carbocycles. The van der Waals surface area contributed by atoms with Gasteiger partial charge < -0.3 is 15.0 Å². The second kappa shape index (κ2) is 9.25. The Hall–Kier alpha value is -2.04. The minimum absolute atomic E-state index is 0.0144. The van der Waals surface area contributed by atoms with Crippen LogP contribution in [0.15, 0.2) is 48.5 Å². The molecule has 3 rings (SSSR count). The molecule has 0 unspecified atom stereocenters. The number of ether oxygens (including phenoxy) is 1. The predicted molar refractivity (Wildman–Crippen MR) is 116 cm³/mol. The van der Waals surface area contributed by atoms with E-state index in [1.807, 2.05) is 12.1 Å². The molecule has 1 aliphatic rings. The van der Waals surface area contributed by atoms with Crippen LogP contribution in [0.5, 0.6) is 0 Å². The average molecular weight is 495 g/mol. The predicted octanol–water partition coefficient (Wildman–Crippen LogP) is 2.89. The molecule has 2 N–H and O–H groups in total. The van der Waals surface area contributed by atoms with Crippen LogP contribution in [-0.2, 0) is 4.74 Å². The Kier molecular flexibility index (Phi) is 6.75. The molecule has 27 heavy (non-hydrogen) atoms. The third kappa shape index (κ3) is 5.47. The topological polar surface area (TPSA) is 70.7 Å². The van der Waals surface area contributed by atoms with Gasteiger partial charge in [-0.25, -0.2) is 0 Å². The van der Waals surface area contributed by atoms with Gasteiger partial charge in [0.25, 0.3) is 11.8 Å². The van der Waals surface area contributed by atoms with Crippen LogP contribution in [0.3, 0.4) is 0 Å². The maximum atomic E-state index is 12.4. The number of carbonyl (C=O) groups excluding carboxylic acids is 2. The number of halogens is 1. The molecule has 0 atom stereocenters. The van der Waals surface area contributed by atoms with E-state index in [2.05, 4.69) is 33.2 Å². The molecule has 0 spiro atoms. The second-order valence-corrected chi connectivity index (χ2v) is 7.55. The highest BCUT2D eigenvalue weighted by atomic mass is 127. The summed E-state index contributed by atoms with van der Waals surface area (Å²) in [6.45, 7) is 2.35. The minimum atomic E-state index is -0.273. The number of nitrogens with zero attached hydrogens (tertiary/aromatic N) is 1. The third-order valence-electron chi connectivity index (χ3n) is 4.00. The van der Waals surface area contributed by atoms with Gasteiger partial charge in [0.1, 0.15) is 0 Å². The van der Waals surface area contributed by atoms with E-state index >= 15 is 0 Å². The highest BCUT2D eigenvalue weighted by Gasteiger charge is 2.18. The van der Waals surface area contributed by atoms with Crippen LogP contribution in [0, 0.1) is 3.57 Å². The van der Waals surface area contributed by atoms with Crippen LogP contribution < -0.4 is 10.6 Å². The molecular formula is C19H18IN3O3S. The number of carbonyl (C=O) groups is 2. The van der Waals surface area contributed by atoms with Crippen LogP contribution >= 0.6 is 34.8 Å². The fourth-order valence-electron chi connectivity index (χ4n) is 2.61. The first-order chi connectivity index (χ1) is 13.0. The number of benzene rings is 2. The Morgan fingerprint density at radius 3 is 2.41 bits per heavy atom. The number of nitrogens with one attached hydrogen (secondary N) is 2. The lowest BCUT2D eigenvalue weighted by molar-refractivity contribution is 0.0303. The Labute approximate surface area is 176 Å². The zero-order valence-corrected chi connectivity index (χ0v) is 17.4. The molecule has 0 radical (unpaired) electrons. The fourth-order valence-corrected chi connectivity index (χ4v) is 3.37. The molecule has 2 aromatic rings. The van der Waals surface area contributed by atoms with Gasteiger partial charge in [0.15, 0.2) is 5.11 Å². The van der Waals surface area contributed by atoms with Crippen molar-refractivity contribution >= 4 is 57.4 Å². The summed E-state index contributed by atoms with van der Waals surface area (Å²) in [5.41, 5.74) is 1.84. The van der Waals surface area contributed by atoms with Gasteiger partial charge in [0, 0.05) is 33.5 Å². The number of hydrogen-bond acceptors (Lipinski definition) is 4. The van der Waals surface area contributed by atoms with Crippen molar-refractivity contribution in [3.8, 4) is 0 Å². The molecule has 0 bridgehead atoms. The number of amides is 2. The summed E-state index contributed by atoms with van der Waals surface area (Å²) >= 11 is 7.35. The molecule has 2 amide bonds. The molecule has 1 saturated heterocycles. The van der Waals surface area contributed by atoms with E-state index in [1.54, 1.807) is 41.3 Å². The molecule has 1 heterocycles. The van der Waals surface area contributed by atoms with Crippen molar-refractivity contribution < 1.29 is 14.3 Å². The molecule has 8 heteroatoms. The Morgan fingerprint density at radius 2 is 1.74 bits per heavy atom. The first-order valence-corrected chi connectivity index (χ1v) is 9.86. The maximum Gasteiger partial charge on any atom is 0.257 e. The van der Waals surface area contributed by atoms with Crippen molar-refractivity contribution in [1.29, 1.82) is 0 Å². The molecule has 1 fully saturated rings. The van der Waals surface area contributed by atoms with Gasteiger partial charge in [0.2, 0.25) is 0 Å². The number of hydrogen-bond donors (Lipinski definition) is 2. The Bertz CT molecular complexity index is 852. The maximum absolute atomic E-state index is 12.4. The van der Waals surface area contributed by atoms with Gasteiger partial charge in [-0.1, -0.05) is 6.07 Å². The van der Waals surface area contributed by atoms with Crippen molar-refractivity contribution in [1.82, 2.24) is 10.2 Å². The summed E-state index contributed by atoms with van der Waals surface area (Å²) < 4.78 is 6.24. The van der Waals surface area contributed by atoms with E-state index in [4.69, 9.17) is 17.0 Å². The van der Waals surface area contributed by atoms with Crippen molar-refractivity contribution in [2.45, 2.75) is 0 Å². The van der Waals surface area contributed by atoms with E-state index in [9.17, 15) is 9.59 Å². The Balaban J connectivity index is 1.56. The summed E-state index contributed by atoms with van der Waals surface area (Å²) in [5, 5.41) is 5.81. The van der Waals surface area contributed by atoms with Gasteiger partial charge in [0.05, 0.1) is 13.2 Å². The Morgan fingerprint density at radius 1 is 1.04 bits per heavy atom. The van der Waals surface area contributed by atoms with Crippen LogP contribution in [0.25, 0.3) is 0 Å². The SMILES string of the molecule is O=C(NC(=S)Nc1ccc(C(=O)N2CCOCC2)cc1)c1cccc(I)c1. The highest BCUT2D eigenvalue weighted by molar-refractivity contribution is 14.1. The van der Waals surface area contributed by atoms with E-state index in [-0.39, 0.29) is 16.9 Å². The highest BCUT2D eigenvalue weighted by Crippen LogP contribution is 2.13. The van der Waals surface area contributed by atoms with Gasteiger partial charge in [-0.2, -0.15) is 0 Å². The lowest BCUT2D eigenvalue weighted by Crippen LogP contribution is -2.40. The van der Waals surface area contributed by atoms with Crippen molar-refractivity contribution in [3.63, 3.8) is 0 Å². The van der Waals surface area contributed by atoms with Crippen LogP contribution in [-0.4, -0.2) is 48.1 Å². The second-order valence-electron chi connectivity index (χ2n) is 5.90. The summed E-state index contributed by atoms with van der Waals surface area (Å²) in [7, 11) is 0. The molecule has 6 nitrogen and oxygen atoms in total. The summed E-state index contributed by atoms with van der Waals surface area (Å²) in [4.78, 5) is 26.4. The van der Waals surface area contributed by atoms with Crippen molar-refractivity contribution in [3.05, 3.63) is 63.2 Å². The molecule has 0 saturated carbocycles. The van der Waals surface area contributed by atoms with E-state index in [0.29, 0.717) is 43.1 Å². The lowest BCUT2D eigenvalue weighted by atomic mass is 10.1. The number of rotatable bonds is 3. The minimum Gasteiger partial charge on any atom is -0.378 e. The summed E-state index contributed by atoms with van der Waals surface area (Å²) in [6.07, 6.45) is 0. The first-order valence-electron chi connectivity index (χ1n) is 8.38.